The fourth-order valence-electron chi connectivity index (χ4n) is 17.2. The standard InChI is InChI=1S/C88H68N6O4/c1-85(2)57-31-9-17-39-65(57)91(66-40-18-10-32-58(66)85)73-47-48-74(92-67-41-19-11-33-59(67)86(3,4)60-34-12-20-42-68(60)92)78-77(73)81(95)89(82(78)96)55-29-25-27-53(51-55)54-28-26-30-56(52-54)90-83(97)79-75(93-69-43-21-13-35-61(69)87(5,6)62-36-14-22-44-70(62)93)49-50-76(80(79)84(90)98)94-71-45-23-15-37-63(71)88(7,8)64-38-16-24-46-72(64)94/h9-52H,1-8H3. The second kappa shape index (κ2) is 20.8. The number of fused-ring (bicyclic) bond motifs is 10. The summed E-state index contributed by atoms with van der Waals surface area (Å²) in [5, 5.41) is 0. The van der Waals surface area contributed by atoms with E-state index in [1.165, 1.54) is 9.80 Å². The third-order valence-corrected chi connectivity index (χ3v) is 22.0. The number of para-hydroxylation sites is 8. The highest BCUT2D eigenvalue weighted by Crippen LogP contribution is 2.60. The van der Waals surface area contributed by atoms with Crippen LogP contribution < -0.4 is 29.4 Å². The average Bonchev–Trinajstić information content (AvgIpc) is 1.48. The zero-order chi connectivity index (χ0) is 67.1. The molecule has 12 aromatic rings. The zero-order valence-electron chi connectivity index (χ0n) is 55.7. The van der Waals surface area contributed by atoms with E-state index in [2.05, 4.69) is 221 Å². The molecule has 0 unspecified atom stereocenters. The van der Waals surface area contributed by atoms with E-state index >= 15 is 19.2 Å². The second-order valence-electron chi connectivity index (χ2n) is 28.7. The summed E-state index contributed by atoms with van der Waals surface area (Å²) in [6.45, 7) is 17.9. The number of anilines is 14. The van der Waals surface area contributed by atoms with Crippen molar-refractivity contribution < 1.29 is 19.2 Å². The van der Waals surface area contributed by atoms with Gasteiger partial charge in [-0.25, -0.2) is 9.80 Å². The van der Waals surface area contributed by atoms with Crippen LogP contribution in [0, 0.1) is 0 Å². The molecule has 0 saturated heterocycles. The van der Waals surface area contributed by atoms with Crippen molar-refractivity contribution in [3.05, 3.63) is 334 Å². The smallest absolute Gasteiger partial charge is 0.268 e. The Morgan fingerprint density at radius 3 is 0.571 bits per heavy atom. The summed E-state index contributed by atoms with van der Waals surface area (Å²) in [7, 11) is 0. The highest BCUT2D eigenvalue weighted by molar-refractivity contribution is 6.39. The van der Waals surface area contributed by atoms with Crippen LogP contribution in [0.25, 0.3) is 11.1 Å². The molecule has 4 amide bonds. The number of amides is 4. The Morgan fingerprint density at radius 2 is 0.378 bits per heavy atom. The van der Waals surface area contributed by atoms with E-state index in [0.717, 1.165) is 90.0 Å². The number of benzene rings is 12. The Hall–Kier alpha value is -11.9. The number of nitrogens with zero attached hydrogens (tertiary/aromatic N) is 6. The van der Waals surface area contributed by atoms with Crippen LogP contribution in [0.2, 0.25) is 0 Å². The van der Waals surface area contributed by atoms with E-state index in [1.807, 2.05) is 109 Å². The Bertz CT molecular complexity index is 4690. The van der Waals surface area contributed by atoms with Gasteiger partial charge in [0.05, 0.1) is 102 Å². The van der Waals surface area contributed by atoms with Gasteiger partial charge < -0.3 is 19.6 Å². The predicted molar refractivity (Wildman–Crippen MR) is 394 cm³/mol. The molecule has 0 aromatic heterocycles. The monoisotopic (exact) mass is 1270 g/mol. The predicted octanol–water partition coefficient (Wildman–Crippen LogP) is 21.4. The minimum atomic E-state index is -0.464. The fourth-order valence-corrected chi connectivity index (χ4v) is 17.2. The van der Waals surface area contributed by atoms with E-state index in [4.69, 9.17) is 0 Å². The number of hydrogen-bond acceptors (Lipinski definition) is 8. The van der Waals surface area contributed by atoms with Gasteiger partial charge in [-0.1, -0.05) is 225 Å². The first-order valence-corrected chi connectivity index (χ1v) is 33.7. The lowest BCUT2D eigenvalue weighted by Crippen LogP contribution is -2.32. The van der Waals surface area contributed by atoms with Gasteiger partial charge in [0.1, 0.15) is 0 Å². The molecule has 0 spiro atoms. The van der Waals surface area contributed by atoms with Crippen molar-refractivity contribution in [2.24, 2.45) is 0 Å². The molecular formula is C88H68N6O4. The van der Waals surface area contributed by atoms with E-state index in [0.29, 0.717) is 45.3 Å². The number of carbonyl (C=O) groups is 4. The third kappa shape index (κ3) is 7.97. The molecule has 10 heteroatoms. The molecular weight excluding hydrogens is 1210 g/mol. The second-order valence-corrected chi connectivity index (χ2v) is 28.7. The lowest BCUT2D eigenvalue weighted by molar-refractivity contribution is 0.0910. The summed E-state index contributed by atoms with van der Waals surface area (Å²) in [5.74, 6) is -1.86. The van der Waals surface area contributed by atoms with Gasteiger partial charge in [0.25, 0.3) is 23.6 Å². The van der Waals surface area contributed by atoms with Crippen molar-refractivity contribution >= 4 is 103 Å². The molecule has 0 aliphatic carbocycles. The van der Waals surface area contributed by atoms with E-state index in [9.17, 15) is 0 Å². The van der Waals surface area contributed by atoms with Gasteiger partial charge >= 0.3 is 0 Å². The van der Waals surface area contributed by atoms with Gasteiger partial charge in [-0.05, 0) is 153 Å². The van der Waals surface area contributed by atoms with Crippen molar-refractivity contribution in [2.75, 3.05) is 29.4 Å². The molecule has 18 rings (SSSR count). The Labute approximate surface area is 570 Å². The topological polar surface area (TPSA) is 87.7 Å². The quantitative estimate of drug-likeness (QED) is 0.146. The maximum absolute atomic E-state index is 16.3. The van der Waals surface area contributed by atoms with Gasteiger partial charge in [-0.2, -0.15) is 0 Å². The van der Waals surface area contributed by atoms with Crippen LogP contribution in [0.5, 0.6) is 0 Å². The number of carbonyl (C=O) groups excluding carboxylic acids is 4. The molecule has 0 fully saturated rings. The first-order chi connectivity index (χ1) is 47.4. The van der Waals surface area contributed by atoms with Gasteiger partial charge in [0, 0.05) is 21.7 Å². The SMILES string of the molecule is CC1(C)c2ccccc2N(c2ccc(N3c4ccccc4C(C)(C)c4ccccc43)c3c2C(=O)N(c2cccc(-c4cccc(N5C(=O)c6c(N7c8ccccc8C(C)(C)c8ccccc87)ccc(N7c8ccccc8C(C)(C)c8ccccc87)c6C5=O)c4)c2)C3=O)c2ccccc21. The maximum Gasteiger partial charge on any atom is 0.268 e. The molecule has 6 aliphatic heterocycles. The Morgan fingerprint density at radius 1 is 0.194 bits per heavy atom. The molecule has 10 nitrogen and oxygen atoms in total. The summed E-state index contributed by atoms with van der Waals surface area (Å²) in [4.78, 5) is 76.5. The van der Waals surface area contributed by atoms with Gasteiger partial charge in [-0.3, -0.25) is 19.2 Å². The van der Waals surface area contributed by atoms with E-state index in [1.54, 1.807) is 12.1 Å². The van der Waals surface area contributed by atoms with E-state index < -0.39 is 23.6 Å². The summed E-state index contributed by atoms with van der Waals surface area (Å²) in [6.07, 6.45) is 0. The van der Waals surface area contributed by atoms with Crippen molar-refractivity contribution in [3.63, 3.8) is 0 Å². The summed E-state index contributed by atoms with van der Waals surface area (Å²) < 4.78 is 0. The van der Waals surface area contributed by atoms with Crippen molar-refractivity contribution in [2.45, 2.75) is 77.0 Å². The zero-order valence-corrected chi connectivity index (χ0v) is 55.7. The van der Waals surface area contributed by atoms with Crippen LogP contribution in [0.1, 0.15) is 141 Å². The van der Waals surface area contributed by atoms with E-state index in [-0.39, 0.29) is 43.9 Å². The first-order valence-electron chi connectivity index (χ1n) is 33.7. The highest BCUT2D eigenvalue weighted by Gasteiger charge is 2.50. The Kier molecular flexibility index (Phi) is 12.5. The normalized spacial score (nSPS) is 16.7. The molecule has 0 N–H and O–H groups in total. The molecule has 6 heterocycles. The van der Waals surface area contributed by atoms with Crippen molar-refractivity contribution in [1.29, 1.82) is 0 Å². The molecule has 0 radical (unpaired) electrons. The Balaban J connectivity index is 0.782. The number of rotatable bonds is 7. The average molecular weight is 1270 g/mol. The van der Waals surface area contributed by atoms with Gasteiger partial charge in [0.15, 0.2) is 0 Å². The van der Waals surface area contributed by atoms with Crippen LogP contribution in [0.3, 0.4) is 0 Å². The molecule has 474 valence electrons. The molecule has 6 aliphatic rings. The molecule has 0 saturated carbocycles. The lowest BCUT2D eigenvalue weighted by atomic mass is 9.73. The number of imide groups is 2. The van der Waals surface area contributed by atoms with Crippen molar-refractivity contribution in [1.82, 2.24) is 0 Å². The summed E-state index contributed by atoms with van der Waals surface area (Å²) >= 11 is 0. The molecule has 12 aromatic carbocycles. The minimum absolute atomic E-state index is 0.286. The summed E-state index contributed by atoms with van der Waals surface area (Å²) in [5.41, 5.74) is 20.1. The van der Waals surface area contributed by atoms with Crippen LogP contribution in [0.15, 0.2) is 267 Å². The molecule has 0 bridgehead atoms. The van der Waals surface area contributed by atoms with Crippen LogP contribution in [-0.4, -0.2) is 23.6 Å². The maximum atomic E-state index is 16.3. The lowest BCUT2D eigenvalue weighted by Gasteiger charge is -2.43. The van der Waals surface area contributed by atoms with Crippen LogP contribution in [0.4, 0.5) is 79.6 Å². The van der Waals surface area contributed by atoms with Crippen LogP contribution >= 0.6 is 0 Å². The van der Waals surface area contributed by atoms with Gasteiger partial charge in [0.2, 0.25) is 0 Å². The van der Waals surface area contributed by atoms with Crippen molar-refractivity contribution in [3.8, 4) is 11.1 Å². The fraction of sp³-hybridized carbons (Fsp3) is 0.136. The summed E-state index contributed by atoms with van der Waals surface area (Å²) in [6, 6.07) is 89.7. The third-order valence-electron chi connectivity index (χ3n) is 22.0. The first kappa shape index (κ1) is 58.7. The molecule has 98 heavy (non-hydrogen) atoms. The largest absolute Gasteiger partial charge is 0.309 e. The van der Waals surface area contributed by atoms with Crippen LogP contribution in [-0.2, 0) is 21.7 Å². The molecule has 0 atom stereocenters. The van der Waals surface area contributed by atoms with Gasteiger partial charge in [-0.15, -0.1) is 0 Å². The number of hydrogen-bond donors (Lipinski definition) is 0. The highest BCUT2D eigenvalue weighted by atomic mass is 16.2. The minimum Gasteiger partial charge on any atom is -0.309 e.